The molecule has 0 amide bonds. The van der Waals surface area contributed by atoms with Gasteiger partial charge in [0.1, 0.15) is 5.75 Å². The molecule has 3 N–H and O–H groups in total. The van der Waals surface area contributed by atoms with E-state index in [0.717, 1.165) is 37.3 Å². The molecule has 1 fully saturated rings. The summed E-state index contributed by atoms with van der Waals surface area (Å²) in [4.78, 5) is 6.62. The highest BCUT2D eigenvalue weighted by Gasteiger charge is 2.18. The minimum atomic E-state index is 0. The second-order valence-electron chi connectivity index (χ2n) is 4.56. The van der Waals surface area contributed by atoms with E-state index in [9.17, 15) is 5.11 Å². The Labute approximate surface area is 108 Å². The number of rotatable bonds is 2. The number of likely N-dealkylation sites (tertiary alicyclic amines) is 1. The Bertz CT molecular complexity index is 373. The first-order chi connectivity index (χ1) is 7.65. The van der Waals surface area contributed by atoms with Gasteiger partial charge in [-0.2, -0.15) is 0 Å². The molecule has 0 aliphatic carbocycles. The highest BCUT2D eigenvalue weighted by Crippen LogP contribution is 2.18. The Morgan fingerprint density at radius 2 is 2.29 bits per heavy atom. The van der Waals surface area contributed by atoms with Gasteiger partial charge in [0.15, 0.2) is 0 Å². The van der Waals surface area contributed by atoms with Gasteiger partial charge in [0, 0.05) is 24.8 Å². The summed E-state index contributed by atoms with van der Waals surface area (Å²) in [6.45, 7) is 4.57. The topological polar surface area (TPSA) is 62.4 Å². The lowest BCUT2D eigenvalue weighted by Gasteiger charge is -2.30. The maximum atomic E-state index is 9.71. The van der Waals surface area contributed by atoms with Crippen LogP contribution in [0.3, 0.4) is 0 Å². The summed E-state index contributed by atoms with van der Waals surface area (Å²) < 4.78 is 0. The number of hydrogen-bond donors (Lipinski definition) is 2. The number of pyridine rings is 1. The SMILES string of the molecule is Cc1ccc(O)c(CN2CCCC(N)C2)n1.Cl. The molecule has 1 saturated heterocycles. The predicted octanol–water partition coefficient (Wildman–Crippen LogP) is 1.44. The van der Waals surface area contributed by atoms with E-state index in [4.69, 9.17) is 5.73 Å². The van der Waals surface area contributed by atoms with Crippen molar-refractivity contribution in [2.24, 2.45) is 5.73 Å². The molecule has 1 aromatic rings. The zero-order valence-electron chi connectivity index (χ0n) is 10.1. The van der Waals surface area contributed by atoms with Gasteiger partial charge in [0.05, 0.1) is 5.69 Å². The van der Waals surface area contributed by atoms with Crippen LogP contribution in [0.5, 0.6) is 5.75 Å². The van der Waals surface area contributed by atoms with Gasteiger partial charge < -0.3 is 10.8 Å². The van der Waals surface area contributed by atoms with Gasteiger partial charge in [-0.3, -0.25) is 9.88 Å². The van der Waals surface area contributed by atoms with Crippen LogP contribution in [-0.2, 0) is 6.54 Å². The first-order valence-corrected chi connectivity index (χ1v) is 5.78. The highest BCUT2D eigenvalue weighted by molar-refractivity contribution is 5.85. The zero-order chi connectivity index (χ0) is 11.5. The second-order valence-corrected chi connectivity index (χ2v) is 4.56. The molecule has 1 aliphatic heterocycles. The molecule has 2 heterocycles. The van der Waals surface area contributed by atoms with Crippen molar-refractivity contribution in [2.75, 3.05) is 13.1 Å². The van der Waals surface area contributed by atoms with Gasteiger partial charge in [0.25, 0.3) is 0 Å². The fraction of sp³-hybridized carbons (Fsp3) is 0.583. The molecule has 0 spiro atoms. The zero-order valence-corrected chi connectivity index (χ0v) is 10.9. The second kappa shape index (κ2) is 6.19. The molecule has 4 nitrogen and oxygen atoms in total. The van der Waals surface area contributed by atoms with Crippen molar-refractivity contribution in [3.05, 3.63) is 23.5 Å². The molecule has 0 aromatic carbocycles. The van der Waals surface area contributed by atoms with E-state index in [0.29, 0.717) is 6.54 Å². The number of halogens is 1. The summed E-state index contributed by atoms with van der Waals surface area (Å²) in [5.74, 6) is 0.282. The van der Waals surface area contributed by atoms with Gasteiger partial charge in [0.2, 0.25) is 0 Å². The fourth-order valence-electron chi connectivity index (χ4n) is 2.17. The summed E-state index contributed by atoms with van der Waals surface area (Å²) >= 11 is 0. The minimum absolute atomic E-state index is 0. The minimum Gasteiger partial charge on any atom is -0.506 e. The van der Waals surface area contributed by atoms with E-state index in [1.165, 1.54) is 0 Å². The van der Waals surface area contributed by atoms with Crippen LogP contribution < -0.4 is 5.73 Å². The van der Waals surface area contributed by atoms with Crippen LogP contribution in [0.15, 0.2) is 12.1 Å². The maximum Gasteiger partial charge on any atom is 0.138 e. The van der Waals surface area contributed by atoms with Crippen molar-refractivity contribution >= 4 is 12.4 Å². The van der Waals surface area contributed by atoms with Gasteiger partial charge in [-0.15, -0.1) is 12.4 Å². The van der Waals surface area contributed by atoms with Crippen molar-refractivity contribution in [2.45, 2.75) is 32.4 Å². The van der Waals surface area contributed by atoms with E-state index in [2.05, 4.69) is 9.88 Å². The van der Waals surface area contributed by atoms with E-state index < -0.39 is 0 Å². The lowest BCUT2D eigenvalue weighted by atomic mass is 10.1. The fourth-order valence-corrected chi connectivity index (χ4v) is 2.17. The average molecular weight is 258 g/mol. The number of nitrogens with two attached hydrogens (primary N) is 1. The molecule has 0 saturated carbocycles. The number of piperidine rings is 1. The van der Waals surface area contributed by atoms with Gasteiger partial charge in [-0.05, 0) is 38.4 Å². The summed E-state index contributed by atoms with van der Waals surface area (Å²) in [7, 11) is 0. The summed E-state index contributed by atoms with van der Waals surface area (Å²) in [6.07, 6.45) is 2.23. The molecule has 17 heavy (non-hydrogen) atoms. The molecule has 0 bridgehead atoms. The van der Waals surface area contributed by atoms with Crippen LogP contribution >= 0.6 is 12.4 Å². The quantitative estimate of drug-likeness (QED) is 0.842. The van der Waals surface area contributed by atoms with Crippen molar-refractivity contribution in [3.8, 4) is 5.75 Å². The largest absolute Gasteiger partial charge is 0.506 e. The molecular formula is C12H20ClN3O. The summed E-state index contributed by atoms with van der Waals surface area (Å²) in [6, 6.07) is 3.79. The van der Waals surface area contributed by atoms with E-state index in [1.54, 1.807) is 6.07 Å². The van der Waals surface area contributed by atoms with Crippen LogP contribution in [-0.4, -0.2) is 34.1 Å². The van der Waals surface area contributed by atoms with Crippen molar-refractivity contribution in [1.82, 2.24) is 9.88 Å². The Balaban J connectivity index is 0.00000144. The summed E-state index contributed by atoms with van der Waals surface area (Å²) in [5, 5.41) is 9.71. The molecule has 1 atom stereocenters. The third-order valence-corrected chi connectivity index (χ3v) is 3.00. The molecule has 96 valence electrons. The van der Waals surface area contributed by atoms with Crippen molar-refractivity contribution in [3.63, 3.8) is 0 Å². The number of nitrogens with zero attached hydrogens (tertiary/aromatic N) is 2. The molecular weight excluding hydrogens is 238 g/mol. The van der Waals surface area contributed by atoms with Crippen LogP contribution in [0.2, 0.25) is 0 Å². The van der Waals surface area contributed by atoms with Gasteiger partial charge in [-0.1, -0.05) is 0 Å². The highest BCUT2D eigenvalue weighted by atomic mass is 35.5. The van der Waals surface area contributed by atoms with Crippen LogP contribution in [0.1, 0.15) is 24.2 Å². The number of hydrogen-bond acceptors (Lipinski definition) is 4. The molecule has 1 aliphatic rings. The van der Waals surface area contributed by atoms with Crippen LogP contribution in [0, 0.1) is 6.92 Å². The van der Waals surface area contributed by atoms with Crippen LogP contribution in [0.4, 0.5) is 0 Å². The van der Waals surface area contributed by atoms with Gasteiger partial charge in [-0.25, -0.2) is 0 Å². The normalized spacial score (nSPS) is 20.9. The Kier molecular flexibility index (Phi) is 5.18. The number of aromatic nitrogens is 1. The predicted molar refractivity (Wildman–Crippen MR) is 70.4 cm³/mol. The lowest BCUT2D eigenvalue weighted by molar-refractivity contribution is 0.197. The number of aromatic hydroxyl groups is 1. The molecule has 0 radical (unpaired) electrons. The van der Waals surface area contributed by atoms with E-state index in [1.807, 2.05) is 13.0 Å². The van der Waals surface area contributed by atoms with E-state index >= 15 is 0 Å². The first kappa shape index (κ1) is 14.2. The molecule has 1 unspecified atom stereocenters. The van der Waals surface area contributed by atoms with Crippen LogP contribution in [0.25, 0.3) is 0 Å². The first-order valence-electron chi connectivity index (χ1n) is 5.78. The van der Waals surface area contributed by atoms with Gasteiger partial charge >= 0.3 is 0 Å². The smallest absolute Gasteiger partial charge is 0.138 e. The molecule has 1 aromatic heterocycles. The average Bonchev–Trinajstić information content (AvgIpc) is 2.24. The Morgan fingerprint density at radius 3 is 3.00 bits per heavy atom. The Morgan fingerprint density at radius 1 is 1.53 bits per heavy atom. The molecule has 5 heteroatoms. The van der Waals surface area contributed by atoms with E-state index in [-0.39, 0.29) is 24.2 Å². The lowest BCUT2D eigenvalue weighted by Crippen LogP contribution is -2.42. The number of aryl methyl sites for hydroxylation is 1. The molecule has 2 rings (SSSR count). The third kappa shape index (κ3) is 3.84. The van der Waals surface area contributed by atoms with Crippen molar-refractivity contribution < 1.29 is 5.11 Å². The maximum absolute atomic E-state index is 9.71. The van der Waals surface area contributed by atoms with Crippen molar-refractivity contribution in [1.29, 1.82) is 0 Å². The third-order valence-electron chi connectivity index (χ3n) is 3.00. The Hall–Kier alpha value is -0.840. The summed E-state index contributed by atoms with van der Waals surface area (Å²) in [5.41, 5.74) is 7.62. The standard InChI is InChI=1S/C12H19N3O.ClH/c1-9-4-5-12(16)11(14-9)8-15-6-2-3-10(13)7-15;/h4-5,10,16H,2-3,6-8,13H2,1H3;1H. The monoisotopic (exact) mass is 257 g/mol.